The van der Waals surface area contributed by atoms with Crippen molar-refractivity contribution in [1.29, 1.82) is 0 Å². The number of rotatable bonds is 5. The van der Waals surface area contributed by atoms with Gasteiger partial charge in [-0.2, -0.15) is 4.31 Å². The van der Waals surface area contributed by atoms with Gasteiger partial charge in [0.1, 0.15) is 10.5 Å². The molecule has 0 bridgehead atoms. The lowest BCUT2D eigenvalue weighted by molar-refractivity contribution is 0.384. The molecule has 0 aliphatic carbocycles. The fraction of sp³-hybridized carbons (Fsp3) is 0.316. The van der Waals surface area contributed by atoms with Crippen LogP contribution >= 0.6 is 0 Å². The van der Waals surface area contributed by atoms with E-state index in [0.29, 0.717) is 16.7 Å². The van der Waals surface area contributed by atoms with Gasteiger partial charge in [-0.15, -0.1) is 0 Å². The van der Waals surface area contributed by atoms with Crippen LogP contribution in [0, 0.1) is 0 Å². The summed E-state index contributed by atoms with van der Waals surface area (Å²) >= 11 is 0. The lowest BCUT2D eigenvalue weighted by Crippen LogP contribution is -2.49. The minimum Gasteiger partial charge on any atom is -0.368 e. The predicted molar refractivity (Wildman–Crippen MR) is 120 cm³/mol. The summed E-state index contributed by atoms with van der Waals surface area (Å²) in [6, 6.07) is 7.33. The van der Waals surface area contributed by atoms with Crippen molar-refractivity contribution in [3.8, 4) is 0 Å². The van der Waals surface area contributed by atoms with Crippen LogP contribution in [0.25, 0.3) is 11.0 Å². The highest BCUT2D eigenvalue weighted by molar-refractivity contribution is 7.91. The fourth-order valence-electron chi connectivity index (χ4n) is 3.74. The molecular formula is C19H22N4O6S3. The van der Waals surface area contributed by atoms with Gasteiger partial charge in [-0.05, 0) is 30.3 Å². The molecule has 1 fully saturated rings. The number of sulfone groups is 2. The first-order valence-corrected chi connectivity index (χ1v) is 14.8. The Bertz CT molecular complexity index is 1500. The number of anilines is 1. The van der Waals surface area contributed by atoms with Crippen molar-refractivity contribution in [1.82, 2.24) is 14.3 Å². The predicted octanol–water partition coefficient (Wildman–Crippen LogP) is 0.881. The molecule has 13 heteroatoms. The van der Waals surface area contributed by atoms with Crippen LogP contribution < -0.4 is 4.90 Å². The summed E-state index contributed by atoms with van der Waals surface area (Å²) in [5.41, 5.74) is 0.835. The number of hydrogen-bond acceptors (Lipinski definition) is 8. The van der Waals surface area contributed by atoms with E-state index in [-0.39, 0.29) is 40.9 Å². The molecule has 4 rings (SSSR count). The molecule has 1 aromatic carbocycles. The first-order valence-electron chi connectivity index (χ1n) is 9.60. The zero-order valence-electron chi connectivity index (χ0n) is 17.4. The molecule has 10 nitrogen and oxygen atoms in total. The van der Waals surface area contributed by atoms with Crippen molar-refractivity contribution >= 4 is 46.4 Å². The Kier molecular flexibility index (Phi) is 5.56. The summed E-state index contributed by atoms with van der Waals surface area (Å²) in [6.07, 6.45) is 5.02. The van der Waals surface area contributed by atoms with Gasteiger partial charge in [0.2, 0.25) is 10.0 Å². The summed E-state index contributed by atoms with van der Waals surface area (Å²) in [5, 5.41) is 0.505. The molecule has 32 heavy (non-hydrogen) atoms. The Morgan fingerprint density at radius 3 is 2.19 bits per heavy atom. The number of piperazine rings is 1. The van der Waals surface area contributed by atoms with Gasteiger partial charge in [0.25, 0.3) is 0 Å². The second-order valence-corrected chi connectivity index (χ2v) is 13.5. The van der Waals surface area contributed by atoms with Gasteiger partial charge in [0.15, 0.2) is 19.7 Å². The molecule has 0 radical (unpaired) electrons. The van der Waals surface area contributed by atoms with Crippen LogP contribution in [0.15, 0.2) is 57.4 Å². The number of pyridine rings is 1. The van der Waals surface area contributed by atoms with E-state index in [4.69, 9.17) is 0 Å². The van der Waals surface area contributed by atoms with E-state index < -0.39 is 29.7 Å². The summed E-state index contributed by atoms with van der Waals surface area (Å²) in [5.74, 6) is 0. The van der Waals surface area contributed by atoms with E-state index in [1.54, 1.807) is 23.2 Å². The van der Waals surface area contributed by atoms with Crippen LogP contribution in [-0.2, 0) is 29.7 Å². The first kappa shape index (κ1) is 22.7. The minimum absolute atomic E-state index is 0.0872. The highest BCUT2D eigenvalue weighted by atomic mass is 32.2. The second kappa shape index (κ2) is 7.83. The summed E-state index contributed by atoms with van der Waals surface area (Å²) in [7, 11) is -11.1. The van der Waals surface area contributed by atoms with E-state index in [1.807, 2.05) is 0 Å². The maximum atomic E-state index is 13.2. The average Bonchev–Trinajstić information content (AvgIpc) is 3.17. The molecule has 0 unspecified atom stereocenters. The summed E-state index contributed by atoms with van der Waals surface area (Å²) < 4.78 is 76.1. The number of fused-ring (bicyclic) bond motifs is 1. The normalized spacial score (nSPS) is 16.5. The topological polar surface area (TPSA) is 138 Å². The molecule has 3 heterocycles. The molecule has 3 aromatic rings. The third-order valence-electron chi connectivity index (χ3n) is 5.37. The molecular weight excluding hydrogens is 476 g/mol. The van der Waals surface area contributed by atoms with E-state index in [2.05, 4.69) is 9.97 Å². The third-order valence-corrected chi connectivity index (χ3v) is 9.54. The van der Waals surface area contributed by atoms with Crippen LogP contribution in [0.2, 0.25) is 0 Å². The van der Waals surface area contributed by atoms with Crippen LogP contribution in [0.1, 0.15) is 0 Å². The molecule has 0 spiro atoms. The molecule has 2 aromatic heterocycles. The summed E-state index contributed by atoms with van der Waals surface area (Å²) in [6.45, 7) is 0.791. The Morgan fingerprint density at radius 1 is 0.875 bits per heavy atom. The fourth-order valence-corrected chi connectivity index (χ4v) is 6.95. The number of nitrogens with zero attached hydrogens (tertiary/aromatic N) is 3. The highest BCUT2D eigenvalue weighted by Gasteiger charge is 2.32. The molecule has 0 atom stereocenters. The van der Waals surface area contributed by atoms with Crippen molar-refractivity contribution in [2.24, 2.45) is 0 Å². The Balaban J connectivity index is 1.61. The van der Waals surface area contributed by atoms with Gasteiger partial charge in [-0.1, -0.05) is 0 Å². The van der Waals surface area contributed by atoms with Crippen molar-refractivity contribution in [2.45, 2.75) is 14.7 Å². The Labute approximate surface area is 186 Å². The van der Waals surface area contributed by atoms with Crippen molar-refractivity contribution in [3.05, 3.63) is 42.7 Å². The van der Waals surface area contributed by atoms with E-state index in [9.17, 15) is 25.3 Å². The van der Waals surface area contributed by atoms with Crippen LogP contribution in [0.3, 0.4) is 0 Å². The monoisotopic (exact) mass is 498 g/mol. The number of aromatic amines is 1. The van der Waals surface area contributed by atoms with Gasteiger partial charge >= 0.3 is 0 Å². The van der Waals surface area contributed by atoms with Gasteiger partial charge < -0.3 is 9.88 Å². The van der Waals surface area contributed by atoms with E-state index in [0.717, 1.165) is 18.6 Å². The van der Waals surface area contributed by atoms with Gasteiger partial charge in [-0.25, -0.2) is 30.2 Å². The Hall–Kier alpha value is -2.48. The average molecular weight is 499 g/mol. The molecule has 1 saturated heterocycles. The highest BCUT2D eigenvalue weighted by Crippen LogP contribution is 2.31. The number of nitrogens with one attached hydrogen (secondary N) is 1. The van der Waals surface area contributed by atoms with Crippen LogP contribution in [0.4, 0.5) is 5.69 Å². The van der Waals surface area contributed by atoms with E-state index >= 15 is 0 Å². The van der Waals surface area contributed by atoms with Gasteiger partial charge in [0, 0.05) is 56.5 Å². The number of aromatic nitrogens is 2. The molecule has 1 aliphatic rings. The van der Waals surface area contributed by atoms with Crippen LogP contribution in [0.5, 0.6) is 0 Å². The van der Waals surface area contributed by atoms with Gasteiger partial charge in [-0.3, -0.25) is 0 Å². The molecule has 0 saturated carbocycles. The van der Waals surface area contributed by atoms with Crippen LogP contribution in [-0.4, -0.2) is 78.2 Å². The van der Waals surface area contributed by atoms with Crippen molar-refractivity contribution < 1.29 is 25.3 Å². The number of hydrogen-bond donors (Lipinski definition) is 1. The van der Waals surface area contributed by atoms with Gasteiger partial charge in [0.05, 0.1) is 15.5 Å². The zero-order chi connectivity index (χ0) is 23.3. The van der Waals surface area contributed by atoms with E-state index in [1.165, 1.54) is 22.6 Å². The zero-order valence-corrected chi connectivity index (χ0v) is 19.8. The number of H-pyrrole nitrogens is 1. The lowest BCUT2D eigenvalue weighted by atomic mass is 10.2. The second-order valence-electron chi connectivity index (χ2n) is 7.62. The molecule has 1 N–H and O–H groups in total. The first-order chi connectivity index (χ1) is 14.9. The largest absolute Gasteiger partial charge is 0.368 e. The third kappa shape index (κ3) is 4.12. The lowest BCUT2D eigenvalue weighted by Gasteiger charge is -2.36. The molecule has 0 amide bonds. The maximum Gasteiger partial charge on any atom is 0.245 e. The quantitative estimate of drug-likeness (QED) is 0.547. The standard InChI is InChI=1S/C19H22N4O6S3/c1-30(24,25)14-5-6-16(17(12-14)31(2,26)27)22-8-10-23(11-9-22)32(28,29)18-13-21-19-15(18)4-3-7-20-19/h3-7,12-13H,8-11H2,1-2H3,(H,20,21). The van der Waals surface area contributed by atoms with Crippen molar-refractivity contribution in [3.63, 3.8) is 0 Å². The number of sulfonamides is 1. The SMILES string of the molecule is CS(=O)(=O)c1ccc(N2CCN(S(=O)(=O)c3c[nH]c4ncccc34)CC2)c(S(C)(=O)=O)c1. The molecule has 1 aliphatic heterocycles. The summed E-state index contributed by atoms with van der Waals surface area (Å²) in [4.78, 5) is 8.70. The minimum atomic E-state index is -3.78. The smallest absolute Gasteiger partial charge is 0.245 e. The molecule has 172 valence electrons. The van der Waals surface area contributed by atoms with Crippen molar-refractivity contribution in [2.75, 3.05) is 43.6 Å². The number of benzene rings is 1. The Morgan fingerprint density at radius 2 is 1.56 bits per heavy atom. The maximum absolute atomic E-state index is 13.2.